The fourth-order valence-electron chi connectivity index (χ4n) is 7.03. The highest BCUT2D eigenvalue weighted by Gasteiger charge is 2.32. The van der Waals surface area contributed by atoms with E-state index in [0.29, 0.717) is 17.9 Å². The standard InChI is InChI=1S/C40H33F2N3O2/c1-25-20-35-36(43-24-32-4-2-17-44(32)40(35)46)23-39(25)47-19-3-18-45-37-15-9-28(26-5-11-30(41)12-6-26)21-33(37)34-22-29(10-16-38(34)45)27-7-13-31(42)14-8-27/h5-16,20-24,32H,2-4,17-19H2,1H3/t32-/m0/s1. The van der Waals surface area contributed by atoms with Crippen LogP contribution in [0.5, 0.6) is 5.75 Å². The molecule has 3 heterocycles. The Balaban J connectivity index is 1.09. The molecular formula is C40H33F2N3O2. The zero-order valence-corrected chi connectivity index (χ0v) is 26.0. The van der Waals surface area contributed by atoms with Crippen molar-refractivity contribution in [1.82, 2.24) is 9.47 Å². The Hall–Kier alpha value is -5.30. The highest BCUT2D eigenvalue weighted by atomic mass is 19.1. The van der Waals surface area contributed by atoms with Crippen LogP contribution in [0, 0.1) is 18.6 Å². The number of aromatic nitrogens is 1. The molecule has 1 aromatic heterocycles. The number of rotatable bonds is 7. The van der Waals surface area contributed by atoms with E-state index < -0.39 is 0 Å². The molecular weight excluding hydrogens is 592 g/mol. The monoisotopic (exact) mass is 625 g/mol. The third-order valence-electron chi connectivity index (χ3n) is 9.47. The number of carbonyl (C=O) groups is 1. The van der Waals surface area contributed by atoms with E-state index in [0.717, 1.165) is 87.7 Å². The summed E-state index contributed by atoms with van der Waals surface area (Å²) in [6, 6.07) is 29.7. The Bertz CT molecular complexity index is 2080. The number of hydrogen-bond donors (Lipinski definition) is 0. The molecule has 2 aliphatic rings. The van der Waals surface area contributed by atoms with Crippen LogP contribution in [-0.2, 0) is 6.54 Å². The molecule has 0 bridgehead atoms. The van der Waals surface area contributed by atoms with Gasteiger partial charge in [0.25, 0.3) is 5.91 Å². The molecule has 1 atom stereocenters. The fraction of sp³-hybridized carbons (Fsp3) is 0.200. The predicted molar refractivity (Wildman–Crippen MR) is 184 cm³/mol. The van der Waals surface area contributed by atoms with Crippen LogP contribution in [0.25, 0.3) is 44.1 Å². The first kappa shape index (κ1) is 29.1. The molecule has 2 aliphatic heterocycles. The van der Waals surface area contributed by atoms with Crippen LogP contribution < -0.4 is 4.74 Å². The largest absolute Gasteiger partial charge is 0.493 e. The number of fused-ring (bicyclic) bond motifs is 5. The summed E-state index contributed by atoms with van der Waals surface area (Å²) in [6.07, 6.45) is 4.62. The minimum atomic E-state index is -0.264. The Labute approximate surface area is 271 Å². The van der Waals surface area contributed by atoms with Gasteiger partial charge in [0.15, 0.2) is 0 Å². The van der Waals surface area contributed by atoms with Crippen molar-refractivity contribution in [3.8, 4) is 28.0 Å². The molecule has 1 fully saturated rings. The first-order valence-electron chi connectivity index (χ1n) is 16.1. The average molecular weight is 626 g/mol. The summed E-state index contributed by atoms with van der Waals surface area (Å²) >= 11 is 0. The van der Waals surface area contributed by atoms with Gasteiger partial charge < -0.3 is 14.2 Å². The zero-order valence-electron chi connectivity index (χ0n) is 26.0. The van der Waals surface area contributed by atoms with Gasteiger partial charge in [0.2, 0.25) is 0 Å². The van der Waals surface area contributed by atoms with Crippen LogP contribution >= 0.6 is 0 Å². The second-order valence-electron chi connectivity index (χ2n) is 12.5. The fourth-order valence-corrected chi connectivity index (χ4v) is 7.03. The van der Waals surface area contributed by atoms with E-state index >= 15 is 0 Å². The molecule has 0 spiro atoms. The molecule has 1 saturated heterocycles. The van der Waals surface area contributed by atoms with Gasteiger partial charge in [-0.05, 0) is 109 Å². The molecule has 47 heavy (non-hydrogen) atoms. The first-order chi connectivity index (χ1) is 22.9. The molecule has 7 heteroatoms. The molecule has 1 amide bonds. The Kier molecular flexibility index (Phi) is 7.32. The molecule has 0 saturated carbocycles. The Morgan fingerprint density at radius 1 is 0.787 bits per heavy atom. The lowest BCUT2D eigenvalue weighted by molar-refractivity contribution is 0.0774. The van der Waals surface area contributed by atoms with Crippen LogP contribution in [-0.4, -0.2) is 40.8 Å². The van der Waals surface area contributed by atoms with Gasteiger partial charge in [0.05, 0.1) is 23.9 Å². The number of nitrogens with zero attached hydrogens (tertiary/aromatic N) is 3. The van der Waals surface area contributed by atoms with Crippen LogP contribution in [0.1, 0.15) is 35.2 Å². The highest BCUT2D eigenvalue weighted by Crippen LogP contribution is 2.37. The van der Waals surface area contributed by atoms with E-state index in [1.54, 1.807) is 24.3 Å². The Morgan fingerprint density at radius 3 is 2.00 bits per heavy atom. The predicted octanol–water partition coefficient (Wildman–Crippen LogP) is 9.50. The number of aliphatic imine (C=N–C) groups is 1. The van der Waals surface area contributed by atoms with E-state index in [2.05, 4.69) is 46.0 Å². The van der Waals surface area contributed by atoms with E-state index in [9.17, 15) is 13.6 Å². The SMILES string of the molecule is Cc1cc2c(cc1OCCCn1c3ccc(-c4ccc(F)cc4)cc3c3cc(-c4ccc(F)cc4)ccc31)N=C[C@@H]1CCCN1C2=O. The summed E-state index contributed by atoms with van der Waals surface area (Å²) in [5, 5.41) is 2.19. The van der Waals surface area contributed by atoms with Gasteiger partial charge in [0, 0.05) is 47.2 Å². The van der Waals surface area contributed by atoms with Gasteiger partial charge in [-0.1, -0.05) is 36.4 Å². The van der Waals surface area contributed by atoms with Gasteiger partial charge >= 0.3 is 0 Å². The second kappa shape index (κ2) is 11.8. The number of aryl methyl sites for hydroxylation is 2. The second-order valence-corrected chi connectivity index (χ2v) is 12.5. The summed E-state index contributed by atoms with van der Waals surface area (Å²) in [4.78, 5) is 19.8. The number of halogens is 2. The minimum absolute atomic E-state index is 0.0474. The quantitative estimate of drug-likeness (QED) is 0.166. The van der Waals surface area contributed by atoms with Crippen molar-refractivity contribution in [2.75, 3.05) is 13.2 Å². The third kappa shape index (κ3) is 5.35. The number of ether oxygens (including phenoxy) is 1. The van der Waals surface area contributed by atoms with Crippen LogP contribution in [0.15, 0.2) is 102 Å². The summed E-state index contributed by atoms with van der Waals surface area (Å²) < 4.78 is 35.9. The summed E-state index contributed by atoms with van der Waals surface area (Å²) in [7, 11) is 0. The van der Waals surface area contributed by atoms with Crippen LogP contribution in [0.4, 0.5) is 14.5 Å². The molecule has 6 aromatic rings. The van der Waals surface area contributed by atoms with Crippen molar-refractivity contribution in [3.63, 3.8) is 0 Å². The number of carbonyl (C=O) groups excluding carboxylic acids is 1. The molecule has 0 N–H and O–H groups in total. The lowest BCUT2D eigenvalue weighted by atomic mass is 10.0. The topological polar surface area (TPSA) is 46.8 Å². The molecule has 0 aliphatic carbocycles. The lowest BCUT2D eigenvalue weighted by Crippen LogP contribution is -2.35. The third-order valence-corrected chi connectivity index (χ3v) is 9.47. The molecule has 5 nitrogen and oxygen atoms in total. The van der Waals surface area contributed by atoms with Gasteiger partial charge in [0.1, 0.15) is 17.4 Å². The maximum atomic E-state index is 13.7. The molecule has 8 rings (SSSR count). The molecule has 0 radical (unpaired) electrons. The molecule has 0 unspecified atom stereocenters. The molecule has 234 valence electrons. The van der Waals surface area contributed by atoms with Crippen LogP contribution in [0.2, 0.25) is 0 Å². The van der Waals surface area contributed by atoms with E-state index in [1.807, 2.05) is 30.2 Å². The van der Waals surface area contributed by atoms with Crippen LogP contribution in [0.3, 0.4) is 0 Å². The van der Waals surface area contributed by atoms with Crippen molar-refractivity contribution in [2.45, 2.75) is 38.8 Å². The van der Waals surface area contributed by atoms with Crippen molar-refractivity contribution in [3.05, 3.63) is 120 Å². The average Bonchev–Trinajstić information content (AvgIpc) is 3.65. The maximum absolute atomic E-state index is 13.7. The maximum Gasteiger partial charge on any atom is 0.256 e. The minimum Gasteiger partial charge on any atom is -0.493 e. The number of amides is 1. The van der Waals surface area contributed by atoms with Gasteiger partial charge in [-0.25, -0.2) is 8.78 Å². The number of benzene rings is 5. The van der Waals surface area contributed by atoms with Gasteiger partial charge in [-0.3, -0.25) is 9.79 Å². The normalized spacial score (nSPS) is 15.7. The summed E-state index contributed by atoms with van der Waals surface area (Å²) in [5.41, 5.74) is 8.32. The zero-order chi connectivity index (χ0) is 32.1. The summed E-state index contributed by atoms with van der Waals surface area (Å²) in [6.45, 7) is 3.97. The van der Waals surface area contributed by atoms with Gasteiger partial charge in [-0.2, -0.15) is 0 Å². The van der Waals surface area contributed by atoms with E-state index in [4.69, 9.17) is 4.74 Å². The van der Waals surface area contributed by atoms with Crippen molar-refractivity contribution < 1.29 is 18.3 Å². The lowest BCUT2D eigenvalue weighted by Gasteiger charge is -2.20. The number of hydrogen-bond acceptors (Lipinski definition) is 3. The van der Waals surface area contributed by atoms with Gasteiger partial charge in [-0.15, -0.1) is 0 Å². The first-order valence-corrected chi connectivity index (χ1v) is 16.1. The molecule has 5 aromatic carbocycles. The Morgan fingerprint density at radius 2 is 1.38 bits per heavy atom. The smallest absolute Gasteiger partial charge is 0.256 e. The van der Waals surface area contributed by atoms with Crippen molar-refractivity contribution >= 4 is 39.6 Å². The van der Waals surface area contributed by atoms with E-state index in [-0.39, 0.29) is 23.6 Å². The van der Waals surface area contributed by atoms with E-state index in [1.165, 1.54) is 24.3 Å². The van der Waals surface area contributed by atoms with Crippen molar-refractivity contribution in [1.29, 1.82) is 0 Å². The van der Waals surface area contributed by atoms with Crippen molar-refractivity contribution in [2.24, 2.45) is 4.99 Å². The summed E-state index contributed by atoms with van der Waals surface area (Å²) in [5.74, 6) is 0.262. The highest BCUT2D eigenvalue weighted by molar-refractivity contribution is 6.10.